The van der Waals surface area contributed by atoms with Crippen molar-refractivity contribution in [3.63, 3.8) is 0 Å². The Hall–Kier alpha value is -2.99. The third-order valence-corrected chi connectivity index (χ3v) is 5.12. The van der Waals surface area contributed by atoms with E-state index in [0.717, 1.165) is 55.3 Å². The highest BCUT2D eigenvalue weighted by Crippen LogP contribution is 2.27. The molecule has 1 aliphatic heterocycles. The number of benzene rings is 2. The molecule has 2 aromatic carbocycles. The quantitative estimate of drug-likeness (QED) is 0.725. The van der Waals surface area contributed by atoms with E-state index >= 15 is 0 Å². The first-order valence-corrected chi connectivity index (χ1v) is 9.21. The lowest BCUT2D eigenvalue weighted by atomic mass is 9.95. The number of aromatic carboxylic acids is 1. The Balaban J connectivity index is 1.34. The van der Waals surface area contributed by atoms with Gasteiger partial charge in [-0.15, -0.1) is 0 Å². The van der Waals surface area contributed by atoms with Crippen LogP contribution in [0.1, 0.15) is 40.5 Å². The van der Waals surface area contributed by atoms with Crippen LogP contribution in [0.15, 0.2) is 54.6 Å². The van der Waals surface area contributed by atoms with Crippen molar-refractivity contribution in [2.24, 2.45) is 0 Å². The van der Waals surface area contributed by atoms with Gasteiger partial charge in [0.15, 0.2) is 5.82 Å². The zero-order chi connectivity index (χ0) is 18.6. The smallest absolute Gasteiger partial charge is 0.335 e. The number of nitrogens with one attached hydrogen (secondary N) is 1. The van der Waals surface area contributed by atoms with Gasteiger partial charge in [0.05, 0.1) is 5.56 Å². The van der Waals surface area contributed by atoms with E-state index < -0.39 is 5.97 Å². The number of carboxylic acid groups (broad SMARTS) is 1. The second-order valence-electron chi connectivity index (χ2n) is 6.96. The fraction of sp³-hybridized carbons (Fsp3) is 0.286. The average Bonchev–Trinajstić information content (AvgIpc) is 3.20. The van der Waals surface area contributed by atoms with Crippen molar-refractivity contribution < 1.29 is 9.90 Å². The third kappa shape index (κ3) is 4.06. The monoisotopic (exact) mass is 362 g/mol. The van der Waals surface area contributed by atoms with Crippen LogP contribution in [0.5, 0.6) is 0 Å². The Labute approximate surface area is 157 Å². The molecule has 0 radical (unpaired) electrons. The highest BCUT2D eigenvalue weighted by molar-refractivity contribution is 5.87. The third-order valence-electron chi connectivity index (χ3n) is 5.12. The maximum absolute atomic E-state index is 10.9. The summed E-state index contributed by atoms with van der Waals surface area (Å²) in [5.74, 6) is 1.25. The van der Waals surface area contributed by atoms with Gasteiger partial charge in [-0.2, -0.15) is 5.10 Å². The maximum Gasteiger partial charge on any atom is 0.335 e. The molecule has 6 heteroatoms. The fourth-order valence-electron chi connectivity index (χ4n) is 3.55. The molecular weight excluding hydrogens is 340 g/mol. The van der Waals surface area contributed by atoms with Crippen molar-refractivity contribution in [1.82, 2.24) is 20.1 Å². The molecule has 0 bridgehead atoms. The lowest BCUT2D eigenvalue weighted by molar-refractivity contribution is 0.0697. The summed E-state index contributed by atoms with van der Waals surface area (Å²) in [6, 6.07) is 17.2. The van der Waals surface area contributed by atoms with Crippen LogP contribution in [0.25, 0.3) is 11.4 Å². The number of H-pyrrole nitrogens is 1. The Morgan fingerprint density at radius 2 is 1.78 bits per heavy atom. The van der Waals surface area contributed by atoms with Crippen LogP contribution in [0.2, 0.25) is 0 Å². The molecular formula is C21H22N4O2. The molecule has 0 atom stereocenters. The van der Waals surface area contributed by atoms with Gasteiger partial charge in [-0.3, -0.25) is 10.00 Å². The fourth-order valence-corrected chi connectivity index (χ4v) is 3.55. The van der Waals surface area contributed by atoms with Gasteiger partial charge in [0.1, 0.15) is 5.82 Å². The van der Waals surface area contributed by atoms with Gasteiger partial charge in [-0.1, -0.05) is 42.5 Å². The summed E-state index contributed by atoms with van der Waals surface area (Å²) in [6.45, 7) is 2.83. The minimum absolute atomic E-state index is 0.331. The Bertz CT molecular complexity index is 897. The molecule has 138 valence electrons. The molecule has 0 spiro atoms. The summed E-state index contributed by atoms with van der Waals surface area (Å²) in [7, 11) is 0. The van der Waals surface area contributed by atoms with E-state index in [1.165, 1.54) is 0 Å². The van der Waals surface area contributed by atoms with E-state index in [1.54, 1.807) is 12.1 Å². The van der Waals surface area contributed by atoms with E-state index in [2.05, 4.69) is 15.1 Å². The number of piperidine rings is 1. The molecule has 0 unspecified atom stereocenters. The summed E-state index contributed by atoms with van der Waals surface area (Å²) in [4.78, 5) is 18.0. The van der Waals surface area contributed by atoms with Crippen LogP contribution in [-0.2, 0) is 6.54 Å². The molecule has 2 N–H and O–H groups in total. The minimum atomic E-state index is -0.885. The SMILES string of the molecule is O=C(O)c1ccc(CN2CCC(c3nc(-c4ccccc4)n[nH]3)CC2)cc1. The number of carboxylic acids is 1. The Morgan fingerprint density at radius 3 is 2.44 bits per heavy atom. The van der Waals surface area contributed by atoms with E-state index in [9.17, 15) is 4.79 Å². The number of rotatable bonds is 5. The maximum atomic E-state index is 10.9. The lowest BCUT2D eigenvalue weighted by Gasteiger charge is -2.30. The molecule has 3 aromatic rings. The zero-order valence-electron chi connectivity index (χ0n) is 15.0. The second kappa shape index (κ2) is 7.72. The zero-order valence-corrected chi connectivity index (χ0v) is 15.0. The molecule has 1 aliphatic rings. The predicted octanol–water partition coefficient (Wildman–Crippen LogP) is 3.55. The summed E-state index contributed by atoms with van der Waals surface area (Å²) in [5, 5.41) is 16.5. The Morgan fingerprint density at radius 1 is 1.07 bits per heavy atom. The lowest BCUT2D eigenvalue weighted by Crippen LogP contribution is -2.32. The molecule has 6 nitrogen and oxygen atoms in total. The normalized spacial score (nSPS) is 15.7. The average molecular weight is 362 g/mol. The number of hydrogen-bond acceptors (Lipinski definition) is 4. The first-order chi connectivity index (χ1) is 13.2. The number of nitrogens with zero attached hydrogens (tertiary/aromatic N) is 3. The van der Waals surface area contributed by atoms with Crippen molar-refractivity contribution in [3.05, 3.63) is 71.5 Å². The van der Waals surface area contributed by atoms with Crippen molar-refractivity contribution in [1.29, 1.82) is 0 Å². The highest BCUT2D eigenvalue weighted by atomic mass is 16.4. The van der Waals surface area contributed by atoms with Crippen molar-refractivity contribution in [2.45, 2.75) is 25.3 Å². The topological polar surface area (TPSA) is 82.1 Å². The summed E-state index contributed by atoms with van der Waals surface area (Å²) in [5.41, 5.74) is 2.50. The second-order valence-corrected chi connectivity index (χ2v) is 6.96. The molecule has 1 saturated heterocycles. The number of aromatic amines is 1. The van der Waals surface area contributed by atoms with Crippen LogP contribution in [0, 0.1) is 0 Å². The minimum Gasteiger partial charge on any atom is -0.478 e. The number of carbonyl (C=O) groups is 1. The van der Waals surface area contributed by atoms with Gasteiger partial charge in [-0.05, 0) is 43.6 Å². The van der Waals surface area contributed by atoms with Crippen LogP contribution < -0.4 is 0 Å². The predicted molar refractivity (Wildman–Crippen MR) is 102 cm³/mol. The van der Waals surface area contributed by atoms with Gasteiger partial charge >= 0.3 is 5.97 Å². The van der Waals surface area contributed by atoms with Crippen LogP contribution in [0.3, 0.4) is 0 Å². The van der Waals surface area contributed by atoms with E-state index in [1.807, 2.05) is 42.5 Å². The Kier molecular flexibility index (Phi) is 4.98. The number of hydrogen-bond donors (Lipinski definition) is 2. The molecule has 1 fully saturated rings. The molecule has 4 rings (SSSR count). The van der Waals surface area contributed by atoms with E-state index in [-0.39, 0.29) is 0 Å². The van der Waals surface area contributed by atoms with Gasteiger partial charge < -0.3 is 5.11 Å². The van der Waals surface area contributed by atoms with Gasteiger partial charge in [0, 0.05) is 18.0 Å². The number of likely N-dealkylation sites (tertiary alicyclic amines) is 1. The van der Waals surface area contributed by atoms with Crippen molar-refractivity contribution in [3.8, 4) is 11.4 Å². The van der Waals surface area contributed by atoms with E-state index in [4.69, 9.17) is 10.1 Å². The summed E-state index contributed by atoms with van der Waals surface area (Å²) in [6.07, 6.45) is 2.08. The first kappa shape index (κ1) is 17.4. The largest absolute Gasteiger partial charge is 0.478 e. The molecule has 0 aliphatic carbocycles. The summed E-state index contributed by atoms with van der Waals surface area (Å²) >= 11 is 0. The van der Waals surface area contributed by atoms with Gasteiger partial charge in [-0.25, -0.2) is 9.78 Å². The molecule has 1 aromatic heterocycles. The van der Waals surface area contributed by atoms with E-state index in [0.29, 0.717) is 11.5 Å². The summed E-state index contributed by atoms with van der Waals surface area (Å²) < 4.78 is 0. The van der Waals surface area contributed by atoms with Crippen LogP contribution in [-0.4, -0.2) is 44.2 Å². The molecule has 0 amide bonds. The van der Waals surface area contributed by atoms with Gasteiger partial charge in [0.25, 0.3) is 0 Å². The molecule has 0 saturated carbocycles. The van der Waals surface area contributed by atoms with Gasteiger partial charge in [0.2, 0.25) is 0 Å². The van der Waals surface area contributed by atoms with Crippen molar-refractivity contribution in [2.75, 3.05) is 13.1 Å². The number of aromatic nitrogens is 3. The highest BCUT2D eigenvalue weighted by Gasteiger charge is 2.23. The van der Waals surface area contributed by atoms with Crippen LogP contribution >= 0.6 is 0 Å². The first-order valence-electron chi connectivity index (χ1n) is 9.21. The molecule has 2 heterocycles. The standard InChI is InChI=1S/C21H22N4O2/c26-21(27)18-8-6-15(7-9-18)14-25-12-10-17(11-13-25)20-22-19(23-24-20)16-4-2-1-3-5-16/h1-9,17H,10-14H2,(H,26,27)(H,22,23,24). The molecule has 27 heavy (non-hydrogen) atoms. The van der Waals surface area contributed by atoms with Crippen LogP contribution in [0.4, 0.5) is 0 Å². The van der Waals surface area contributed by atoms with Crippen molar-refractivity contribution >= 4 is 5.97 Å².